The number of ether oxygens (including phenoxy) is 1. The summed E-state index contributed by atoms with van der Waals surface area (Å²) in [7, 11) is 1.58. The Morgan fingerprint density at radius 2 is 1.96 bits per heavy atom. The van der Waals surface area contributed by atoms with Crippen LogP contribution in [0.1, 0.15) is 38.3 Å². The maximum atomic E-state index is 12.8. The number of Topliss-reactive ketones (excluding diaryl/α,β-unsaturated/α-hetero) is 1. The Labute approximate surface area is 160 Å². The number of aliphatic hydroxyl groups is 1. The van der Waals surface area contributed by atoms with Gasteiger partial charge in [0.25, 0.3) is 5.91 Å². The van der Waals surface area contributed by atoms with Crippen LogP contribution in [0.25, 0.3) is 0 Å². The molecule has 0 saturated carbocycles. The fraction of sp³-hybridized carbons (Fsp3) is 0.524. The van der Waals surface area contributed by atoms with Crippen molar-refractivity contribution in [2.75, 3.05) is 33.3 Å². The van der Waals surface area contributed by atoms with Crippen molar-refractivity contribution in [2.45, 2.75) is 32.7 Å². The molecule has 146 valence electrons. The van der Waals surface area contributed by atoms with E-state index >= 15 is 0 Å². The van der Waals surface area contributed by atoms with Gasteiger partial charge in [0.2, 0.25) is 0 Å². The summed E-state index contributed by atoms with van der Waals surface area (Å²) in [5.74, 6) is -0.727. The van der Waals surface area contributed by atoms with Gasteiger partial charge in [-0.2, -0.15) is 0 Å². The summed E-state index contributed by atoms with van der Waals surface area (Å²) in [5, 5.41) is 10.5. The standard InChI is InChI=1S/C21H28N2O4/c1-14(2)19(24)17-18(15-7-6-8-16(13-15)27-3)23(21(26)20(17)25)12-11-22-9-4-5-10-22/h6-8,13-14,18,25H,4-5,9-12H2,1-3H3. The van der Waals surface area contributed by atoms with Crippen LogP contribution in [0, 0.1) is 5.92 Å². The zero-order chi connectivity index (χ0) is 19.6. The van der Waals surface area contributed by atoms with Gasteiger partial charge < -0.3 is 19.6 Å². The molecule has 2 heterocycles. The molecule has 1 N–H and O–H groups in total. The van der Waals surface area contributed by atoms with E-state index in [0.29, 0.717) is 12.3 Å². The van der Waals surface area contributed by atoms with Crippen LogP contribution in [-0.2, 0) is 9.59 Å². The monoisotopic (exact) mass is 372 g/mol. The van der Waals surface area contributed by atoms with Crippen LogP contribution in [0.15, 0.2) is 35.6 Å². The van der Waals surface area contributed by atoms with Crippen molar-refractivity contribution in [3.8, 4) is 5.75 Å². The molecule has 1 unspecified atom stereocenters. The number of ketones is 1. The molecular formula is C21H28N2O4. The van der Waals surface area contributed by atoms with E-state index in [1.54, 1.807) is 25.9 Å². The van der Waals surface area contributed by atoms with Gasteiger partial charge in [-0.15, -0.1) is 0 Å². The molecule has 6 heteroatoms. The lowest BCUT2D eigenvalue weighted by molar-refractivity contribution is -0.129. The van der Waals surface area contributed by atoms with Crippen LogP contribution >= 0.6 is 0 Å². The molecule has 0 bridgehead atoms. The Morgan fingerprint density at radius 1 is 1.26 bits per heavy atom. The number of rotatable bonds is 7. The summed E-state index contributed by atoms with van der Waals surface area (Å²) >= 11 is 0. The second-order valence-electron chi connectivity index (χ2n) is 7.51. The molecule has 1 amide bonds. The van der Waals surface area contributed by atoms with Crippen LogP contribution < -0.4 is 4.74 Å². The first-order chi connectivity index (χ1) is 12.9. The molecule has 6 nitrogen and oxygen atoms in total. The van der Waals surface area contributed by atoms with Crippen molar-refractivity contribution in [3.63, 3.8) is 0 Å². The lowest BCUT2D eigenvalue weighted by Gasteiger charge is -2.29. The van der Waals surface area contributed by atoms with Crippen LogP contribution in [-0.4, -0.2) is 59.9 Å². The lowest BCUT2D eigenvalue weighted by atomic mass is 9.91. The zero-order valence-corrected chi connectivity index (χ0v) is 16.3. The summed E-state index contributed by atoms with van der Waals surface area (Å²) in [6.07, 6.45) is 2.35. The molecule has 2 aliphatic rings. The quantitative estimate of drug-likeness (QED) is 0.797. The molecule has 0 aliphatic carbocycles. The Hall–Kier alpha value is -2.34. The van der Waals surface area contributed by atoms with E-state index in [0.717, 1.165) is 25.2 Å². The second kappa shape index (κ2) is 8.13. The van der Waals surface area contributed by atoms with Crippen molar-refractivity contribution >= 4 is 11.7 Å². The summed E-state index contributed by atoms with van der Waals surface area (Å²) in [5.41, 5.74) is 0.974. The molecule has 2 aliphatic heterocycles. The average molecular weight is 372 g/mol. The number of aliphatic hydroxyl groups excluding tert-OH is 1. The van der Waals surface area contributed by atoms with Crippen LogP contribution in [0.5, 0.6) is 5.75 Å². The third-order valence-corrected chi connectivity index (χ3v) is 5.36. The number of benzene rings is 1. The number of hydrogen-bond donors (Lipinski definition) is 1. The van der Waals surface area contributed by atoms with Crippen molar-refractivity contribution in [1.82, 2.24) is 9.80 Å². The molecule has 1 aromatic carbocycles. The first-order valence-electron chi connectivity index (χ1n) is 9.58. The summed E-state index contributed by atoms with van der Waals surface area (Å²) in [4.78, 5) is 29.5. The number of methoxy groups -OCH3 is 1. The van der Waals surface area contributed by atoms with E-state index in [-0.39, 0.29) is 17.3 Å². The number of amides is 1. The fourth-order valence-corrected chi connectivity index (χ4v) is 3.86. The fourth-order valence-electron chi connectivity index (χ4n) is 3.86. The van der Waals surface area contributed by atoms with Gasteiger partial charge in [0.05, 0.1) is 18.7 Å². The van der Waals surface area contributed by atoms with Crippen molar-refractivity contribution in [2.24, 2.45) is 5.92 Å². The molecule has 1 saturated heterocycles. The highest BCUT2D eigenvalue weighted by Gasteiger charge is 2.44. The molecule has 1 atom stereocenters. The van der Waals surface area contributed by atoms with Gasteiger partial charge in [-0.3, -0.25) is 9.59 Å². The van der Waals surface area contributed by atoms with Crippen LogP contribution in [0.2, 0.25) is 0 Å². The van der Waals surface area contributed by atoms with E-state index in [2.05, 4.69) is 4.90 Å². The molecule has 0 aromatic heterocycles. The van der Waals surface area contributed by atoms with Crippen LogP contribution in [0.3, 0.4) is 0 Å². The second-order valence-corrected chi connectivity index (χ2v) is 7.51. The van der Waals surface area contributed by atoms with E-state index in [1.807, 2.05) is 24.3 Å². The third kappa shape index (κ3) is 3.86. The SMILES string of the molecule is COc1cccc(C2C(C(=O)C(C)C)=C(O)C(=O)N2CCN2CCCC2)c1. The van der Waals surface area contributed by atoms with Crippen molar-refractivity contribution < 1.29 is 19.4 Å². The minimum absolute atomic E-state index is 0.197. The molecule has 27 heavy (non-hydrogen) atoms. The minimum Gasteiger partial charge on any atom is -0.503 e. The van der Waals surface area contributed by atoms with E-state index in [9.17, 15) is 14.7 Å². The van der Waals surface area contributed by atoms with Crippen molar-refractivity contribution in [3.05, 3.63) is 41.2 Å². The highest BCUT2D eigenvalue weighted by atomic mass is 16.5. The van der Waals surface area contributed by atoms with E-state index < -0.39 is 17.7 Å². The average Bonchev–Trinajstić information content (AvgIpc) is 3.27. The largest absolute Gasteiger partial charge is 0.503 e. The van der Waals surface area contributed by atoms with E-state index in [1.165, 1.54) is 12.8 Å². The predicted molar refractivity (Wildman–Crippen MR) is 103 cm³/mol. The maximum absolute atomic E-state index is 12.8. The molecule has 0 radical (unpaired) electrons. The number of hydrogen-bond acceptors (Lipinski definition) is 5. The smallest absolute Gasteiger partial charge is 0.290 e. The molecule has 1 fully saturated rings. The van der Waals surface area contributed by atoms with Gasteiger partial charge in [0.1, 0.15) is 5.75 Å². The van der Waals surface area contributed by atoms with Gasteiger partial charge in [-0.05, 0) is 43.6 Å². The predicted octanol–water partition coefficient (Wildman–Crippen LogP) is 2.71. The van der Waals surface area contributed by atoms with Crippen LogP contribution in [0.4, 0.5) is 0 Å². The number of nitrogens with zero attached hydrogens (tertiary/aromatic N) is 2. The highest BCUT2D eigenvalue weighted by Crippen LogP contribution is 2.39. The van der Waals surface area contributed by atoms with Gasteiger partial charge in [-0.1, -0.05) is 26.0 Å². The van der Waals surface area contributed by atoms with Gasteiger partial charge >= 0.3 is 0 Å². The zero-order valence-electron chi connectivity index (χ0n) is 16.3. The Bertz CT molecular complexity index is 750. The Kier molecular flexibility index (Phi) is 5.85. The lowest BCUT2D eigenvalue weighted by Crippen LogP contribution is -2.38. The Balaban J connectivity index is 1.95. The van der Waals surface area contributed by atoms with E-state index in [4.69, 9.17) is 4.74 Å². The molecule has 0 spiro atoms. The molecular weight excluding hydrogens is 344 g/mol. The van der Waals surface area contributed by atoms with Gasteiger partial charge in [0, 0.05) is 19.0 Å². The third-order valence-electron chi connectivity index (χ3n) is 5.36. The van der Waals surface area contributed by atoms with Gasteiger partial charge in [-0.25, -0.2) is 0 Å². The number of carbonyl (C=O) groups is 2. The first-order valence-corrected chi connectivity index (χ1v) is 9.58. The minimum atomic E-state index is -0.579. The summed E-state index contributed by atoms with van der Waals surface area (Å²) < 4.78 is 5.31. The number of likely N-dealkylation sites (tertiary alicyclic amines) is 1. The summed E-state index contributed by atoms with van der Waals surface area (Å²) in [6.45, 7) is 6.83. The Morgan fingerprint density at radius 3 is 2.59 bits per heavy atom. The molecule has 1 aromatic rings. The normalized spacial score (nSPS) is 20.8. The number of carbonyl (C=O) groups excluding carboxylic acids is 2. The van der Waals surface area contributed by atoms with Crippen molar-refractivity contribution in [1.29, 1.82) is 0 Å². The highest BCUT2D eigenvalue weighted by molar-refractivity contribution is 6.09. The maximum Gasteiger partial charge on any atom is 0.290 e. The first kappa shape index (κ1) is 19.4. The topological polar surface area (TPSA) is 70.1 Å². The van der Waals surface area contributed by atoms with Gasteiger partial charge in [0.15, 0.2) is 11.5 Å². The molecule has 3 rings (SSSR count). The summed E-state index contributed by atoms with van der Waals surface area (Å²) in [6, 6.07) is 6.78.